The molecule has 0 aromatic rings. The van der Waals surface area contributed by atoms with E-state index in [-0.39, 0.29) is 0 Å². The van der Waals surface area contributed by atoms with E-state index >= 15 is 0 Å². The minimum atomic E-state index is 0.856. The highest BCUT2D eigenvalue weighted by Gasteiger charge is 2.24. The summed E-state index contributed by atoms with van der Waals surface area (Å²) in [6, 6.07) is 0. The van der Waals surface area contributed by atoms with Crippen LogP contribution in [-0.2, 0) is 4.74 Å². The summed E-state index contributed by atoms with van der Waals surface area (Å²) < 4.78 is 5.35. The predicted molar refractivity (Wildman–Crippen MR) is 49.7 cm³/mol. The smallest absolute Gasteiger partial charge is 0.0497 e. The van der Waals surface area contributed by atoms with Crippen LogP contribution in [-0.4, -0.2) is 13.2 Å². The molecule has 2 unspecified atom stereocenters. The first kappa shape index (κ1) is 11.0. The monoisotopic (exact) mass is 158 g/mol. The molecule has 1 saturated heterocycles. The van der Waals surface area contributed by atoms with E-state index in [0.717, 1.165) is 25.0 Å². The fraction of sp³-hybridized carbons (Fsp3) is 1.00. The molecule has 0 radical (unpaired) electrons. The van der Waals surface area contributed by atoms with Gasteiger partial charge in [-0.1, -0.05) is 40.5 Å². The van der Waals surface area contributed by atoms with E-state index in [0.29, 0.717) is 0 Å². The van der Waals surface area contributed by atoms with E-state index in [1.165, 1.54) is 12.8 Å². The summed E-state index contributed by atoms with van der Waals surface area (Å²) in [5.74, 6) is 1.71. The molecule has 0 aromatic carbocycles. The van der Waals surface area contributed by atoms with Gasteiger partial charge in [-0.3, -0.25) is 0 Å². The van der Waals surface area contributed by atoms with Crippen molar-refractivity contribution in [3.63, 3.8) is 0 Å². The van der Waals surface area contributed by atoms with Gasteiger partial charge in [-0.2, -0.15) is 0 Å². The molecular weight excluding hydrogens is 136 g/mol. The quantitative estimate of drug-likeness (QED) is 0.600. The van der Waals surface area contributed by atoms with Crippen LogP contribution in [0.25, 0.3) is 0 Å². The van der Waals surface area contributed by atoms with Crippen LogP contribution < -0.4 is 0 Å². The summed E-state index contributed by atoms with van der Waals surface area (Å²) >= 11 is 0. The number of ether oxygens (including phenoxy) is 1. The SMILES string of the molecule is CC.CCC1COCC1CC. The molecule has 0 aromatic heterocycles. The Balaban J connectivity index is 0.000000461. The molecular formula is C10H22O. The zero-order valence-electron chi connectivity index (χ0n) is 8.39. The molecule has 0 N–H and O–H groups in total. The molecule has 11 heavy (non-hydrogen) atoms. The van der Waals surface area contributed by atoms with Crippen molar-refractivity contribution in [1.29, 1.82) is 0 Å². The highest BCUT2D eigenvalue weighted by Crippen LogP contribution is 2.25. The molecule has 0 spiro atoms. The second kappa shape index (κ2) is 6.66. The van der Waals surface area contributed by atoms with Crippen molar-refractivity contribution in [2.75, 3.05) is 13.2 Å². The molecule has 1 aliphatic heterocycles. The summed E-state index contributed by atoms with van der Waals surface area (Å²) in [6.07, 6.45) is 2.58. The van der Waals surface area contributed by atoms with Crippen LogP contribution in [0.5, 0.6) is 0 Å². The summed E-state index contributed by atoms with van der Waals surface area (Å²) in [7, 11) is 0. The Kier molecular flexibility index (Phi) is 6.63. The molecule has 1 fully saturated rings. The highest BCUT2D eigenvalue weighted by atomic mass is 16.5. The molecule has 1 nitrogen and oxygen atoms in total. The van der Waals surface area contributed by atoms with Gasteiger partial charge in [-0.15, -0.1) is 0 Å². The van der Waals surface area contributed by atoms with Gasteiger partial charge in [0, 0.05) is 13.2 Å². The Morgan fingerprint density at radius 3 is 1.64 bits per heavy atom. The van der Waals surface area contributed by atoms with E-state index in [9.17, 15) is 0 Å². The Labute approximate surface area is 71.1 Å². The van der Waals surface area contributed by atoms with E-state index < -0.39 is 0 Å². The van der Waals surface area contributed by atoms with Crippen molar-refractivity contribution in [3.8, 4) is 0 Å². The molecule has 1 rings (SSSR count). The molecule has 68 valence electrons. The van der Waals surface area contributed by atoms with Crippen molar-refractivity contribution in [1.82, 2.24) is 0 Å². The molecule has 1 aliphatic rings. The van der Waals surface area contributed by atoms with Crippen molar-refractivity contribution >= 4 is 0 Å². The summed E-state index contributed by atoms with van der Waals surface area (Å²) in [6.45, 7) is 10.5. The Morgan fingerprint density at radius 2 is 1.36 bits per heavy atom. The van der Waals surface area contributed by atoms with Gasteiger partial charge in [-0.05, 0) is 11.8 Å². The third-order valence-corrected chi connectivity index (χ3v) is 2.38. The Bertz CT molecular complexity index is 70.9. The zero-order chi connectivity index (χ0) is 8.69. The molecule has 1 heteroatoms. The minimum Gasteiger partial charge on any atom is -0.381 e. The standard InChI is InChI=1S/C8H16O.C2H6/c1-3-7-5-9-6-8(7)4-2;1-2/h7-8H,3-6H2,1-2H3;1-2H3. The number of rotatable bonds is 2. The van der Waals surface area contributed by atoms with Crippen LogP contribution in [0.2, 0.25) is 0 Å². The maximum Gasteiger partial charge on any atom is 0.0497 e. The van der Waals surface area contributed by atoms with Gasteiger partial charge >= 0.3 is 0 Å². The lowest BCUT2D eigenvalue weighted by atomic mass is 9.92. The molecule has 0 amide bonds. The number of hydrogen-bond acceptors (Lipinski definition) is 1. The summed E-state index contributed by atoms with van der Waals surface area (Å²) in [4.78, 5) is 0. The summed E-state index contributed by atoms with van der Waals surface area (Å²) in [5, 5.41) is 0. The van der Waals surface area contributed by atoms with Gasteiger partial charge < -0.3 is 4.74 Å². The first-order chi connectivity index (χ1) is 5.38. The topological polar surface area (TPSA) is 9.23 Å². The van der Waals surface area contributed by atoms with Crippen molar-refractivity contribution in [2.24, 2.45) is 11.8 Å². The fourth-order valence-electron chi connectivity index (χ4n) is 1.55. The van der Waals surface area contributed by atoms with Gasteiger partial charge in [-0.25, -0.2) is 0 Å². The van der Waals surface area contributed by atoms with E-state index in [1.54, 1.807) is 0 Å². The second-order valence-electron chi connectivity index (χ2n) is 2.87. The third kappa shape index (κ3) is 3.24. The Morgan fingerprint density at radius 1 is 1.00 bits per heavy atom. The van der Waals surface area contributed by atoms with Crippen molar-refractivity contribution in [3.05, 3.63) is 0 Å². The normalized spacial score (nSPS) is 29.5. The average molecular weight is 158 g/mol. The average Bonchev–Trinajstić information content (AvgIpc) is 2.54. The van der Waals surface area contributed by atoms with Crippen LogP contribution in [0.15, 0.2) is 0 Å². The predicted octanol–water partition coefficient (Wildman–Crippen LogP) is 3.10. The minimum absolute atomic E-state index is 0.856. The van der Waals surface area contributed by atoms with E-state index in [1.807, 2.05) is 13.8 Å². The van der Waals surface area contributed by atoms with Crippen molar-refractivity contribution in [2.45, 2.75) is 40.5 Å². The van der Waals surface area contributed by atoms with Crippen LogP contribution in [0.3, 0.4) is 0 Å². The van der Waals surface area contributed by atoms with Gasteiger partial charge in [0.05, 0.1) is 0 Å². The first-order valence-electron chi connectivity index (χ1n) is 4.96. The summed E-state index contributed by atoms with van der Waals surface area (Å²) in [5.41, 5.74) is 0. The van der Waals surface area contributed by atoms with Gasteiger partial charge in [0.15, 0.2) is 0 Å². The number of hydrogen-bond donors (Lipinski definition) is 0. The zero-order valence-corrected chi connectivity index (χ0v) is 8.39. The maximum atomic E-state index is 5.35. The van der Waals surface area contributed by atoms with E-state index in [2.05, 4.69) is 13.8 Å². The lowest BCUT2D eigenvalue weighted by molar-refractivity contribution is 0.179. The van der Waals surface area contributed by atoms with Gasteiger partial charge in [0.25, 0.3) is 0 Å². The lowest BCUT2D eigenvalue weighted by Gasteiger charge is -2.11. The first-order valence-corrected chi connectivity index (χ1v) is 4.96. The van der Waals surface area contributed by atoms with Gasteiger partial charge in [0.2, 0.25) is 0 Å². The highest BCUT2D eigenvalue weighted by molar-refractivity contribution is 4.72. The largest absolute Gasteiger partial charge is 0.381 e. The van der Waals surface area contributed by atoms with Gasteiger partial charge in [0.1, 0.15) is 0 Å². The van der Waals surface area contributed by atoms with Crippen LogP contribution in [0, 0.1) is 11.8 Å². The molecule has 0 aliphatic carbocycles. The molecule has 1 heterocycles. The lowest BCUT2D eigenvalue weighted by Crippen LogP contribution is -2.09. The van der Waals surface area contributed by atoms with Crippen LogP contribution in [0.4, 0.5) is 0 Å². The molecule has 0 saturated carbocycles. The second-order valence-corrected chi connectivity index (χ2v) is 2.87. The van der Waals surface area contributed by atoms with Crippen LogP contribution >= 0.6 is 0 Å². The maximum absolute atomic E-state index is 5.35. The van der Waals surface area contributed by atoms with Crippen molar-refractivity contribution < 1.29 is 4.74 Å². The molecule has 2 atom stereocenters. The molecule has 0 bridgehead atoms. The fourth-order valence-corrected chi connectivity index (χ4v) is 1.55. The third-order valence-electron chi connectivity index (χ3n) is 2.38. The van der Waals surface area contributed by atoms with E-state index in [4.69, 9.17) is 4.74 Å². The van der Waals surface area contributed by atoms with Crippen LogP contribution in [0.1, 0.15) is 40.5 Å². The Hall–Kier alpha value is -0.0400.